The van der Waals surface area contributed by atoms with Crippen molar-refractivity contribution in [2.24, 2.45) is 5.84 Å². The highest BCUT2D eigenvalue weighted by molar-refractivity contribution is 5.94. The van der Waals surface area contributed by atoms with Crippen LogP contribution in [-0.4, -0.2) is 54.7 Å². The molecule has 0 aromatic carbocycles. The van der Waals surface area contributed by atoms with E-state index in [1.54, 1.807) is 12.1 Å². The van der Waals surface area contributed by atoms with E-state index in [9.17, 15) is 4.79 Å². The zero-order valence-corrected chi connectivity index (χ0v) is 11.6. The van der Waals surface area contributed by atoms with Crippen molar-refractivity contribution >= 4 is 11.7 Å². The van der Waals surface area contributed by atoms with Gasteiger partial charge in [-0.25, -0.2) is 10.8 Å². The average molecular weight is 279 g/mol. The molecule has 1 amide bonds. The molecule has 0 bridgehead atoms. The minimum atomic E-state index is -0.154. The van der Waals surface area contributed by atoms with Gasteiger partial charge in [0, 0.05) is 25.8 Å². The van der Waals surface area contributed by atoms with Gasteiger partial charge in [-0.2, -0.15) is 0 Å². The van der Waals surface area contributed by atoms with Crippen LogP contribution in [0.25, 0.3) is 0 Å². The molecule has 1 aliphatic heterocycles. The van der Waals surface area contributed by atoms with Gasteiger partial charge in [0.2, 0.25) is 0 Å². The van der Waals surface area contributed by atoms with E-state index in [1.165, 1.54) is 6.20 Å². The molecule has 0 saturated carbocycles. The average Bonchev–Trinajstić information content (AvgIpc) is 2.53. The van der Waals surface area contributed by atoms with Crippen LogP contribution in [0.2, 0.25) is 0 Å². The Hall–Kier alpha value is -1.70. The van der Waals surface area contributed by atoms with E-state index >= 15 is 0 Å². The van der Waals surface area contributed by atoms with Crippen LogP contribution in [0, 0.1) is 0 Å². The van der Waals surface area contributed by atoms with E-state index in [1.807, 2.05) is 0 Å². The van der Waals surface area contributed by atoms with Gasteiger partial charge in [-0.1, -0.05) is 6.92 Å². The van der Waals surface area contributed by atoms with E-state index in [0.29, 0.717) is 24.5 Å². The number of rotatable bonds is 5. The van der Waals surface area contributed by atoms with E-state index in [-0.39, 0.29) is 12.0 Å². The molecule has 7 heteroatoms. The number of hydrogen-bond donors (Lipinski definition) is 3. The Morgan fingerprint density at radius 3 is 3.10 bits per heavy atom. The van der Waals surface area contributed by atoms with Gasteiger partial charge < -0.3 is 15.5 Å². The number of nitrogen functional groups attached to an aromatic ring is 1. The van der Waals surface area contributed by atoms with Gasteiger partial charge in [0.25, 0.3) is 5.91 Å². The third-order valence-electron chi connectivity index (χ3n) is 3.33. The fourth-order valence-electron chi connectivity index (χ4n) is 2.11. The maximum Gasteiger partial charge on any atom is 0.252 e. The second kappa shape index (κ2) is 7.18. The number of hydrogen-bond acceptors (Lipinski definition) is 6. The molecular weight excluding hydrogens is 258 g/mol. The Morgan fingerprint density at radius 1 is 1.60 bits per heavy atom. The number of pyridine rings is 1. The lowest BCUT2D eigenvalue weighted by Crippen LogP contribution is -2.47. The van der Waals surface area contributed by atoms with Crippen molar-refractivity contribution in [3.63, 3.8) is 0 Å². The Labute approximate surface area is 118 Å². The maximum atomic E-state index is 12.0. The predicted molar refractivity (Wildman–Crippen MR) is 76.2 cm³/mol. The summed E-state index contributed by atoms with van der Waals surface area (Å²) in [6, 6.07) is 3.34. The summed E-state index contributed by atoms with van der Waals surface area (Å²) in [6.07, 6.45) is 1.54. The van der Waals surface area contributed by atoms with Crippen LogP contribution in [0.4, 0.5) is 5.82 Å². The number of anilines is 1. The van der Waals surface area contributed by atoms with E-state index in [0.717, 1.165) is 19.6 Å². The van der Waals surface area contributed by atoms with Gasteiger partial charge in [-0.15, -0.1) is 0 Å². The van der Waals surface area contributed by atoms with E-state index < -0.39 is 0 Å². The fourth-order valence-corrected chi connectivity index (χ4v) is 2.11. The summed E-state index contributed by atoms with van der Waals surface area (Å²) in [5, 5.41) is 2.87. The number of aromatic nitrogens is 1. The molecule has 110 valence electrons. The minimum absolute atomic E-state index is 0.0468. The first-order valence-electron chi connectivity index (χ1n) is 6.77. The summed E-state index contributed by atoms with van der Waals surface area (Å²) in [6.45, 7) is 6.16. The first-order chi connectivity index (χ1) is 9.72. The second-order valence-corrected chi connectivity index (χ2v) is 4.67. The molecule has 0 aliphatic carbocycles. The van der Waals surface area contributed by atoms with Crippen LogP contribution in [0.15, 0.2) is 18.3 Å². The van der Waals surface area contributed by atoms with Crippen LogP contribution < -0.4 is 16.6 Å². The molecular formula is C13H21N5O2. The molecule has 7 nitrogen and oxygen atoms in total. The molecule has 1 unspecified atom stereocenters. The van der Waals surface area contributed by atoms with Gasteiger partial charge in [0.15, 0.2) is 0 Å². The minimum Gasteiger partial charge on any atom is -0.374 e. The normalized spacial score (nSPS) is 19.6. The number of ether oxygens (including phenoxy) is 1. The van der Waals surface area contributed by atoms with Crippen molar-refractivity contribution < 1.29 is 9.53 Å². The molecule has 1 aromatic heterocycles. The third kappa shape index (κ3) is 3.89. The number of hydrazine groups is 1. The fraction of sp³-hybridized carbons (Fsp3) is 0.538. The Morgan fingerprint density at radius 2 is 2.45 bits per heavy atom. The summed E-state index contributed by atoms with van der Waals surface area (Å²) in [7, 11) is 0. The van der Waals surface area contributed by atoms with E-state index in [2.05, 4.69) is 27.6 Å². The van der Waals surface area contributed by atoms with Crippen LogP contribution >= 0.6 is 0 Å². The smallest absolute Gasteiger partial charge is 0.252 e. The van der Waals surface area contributed by atoms with Gasteiger partial charge >= 0.3 is 0 Å². The second-order valence-electron chi connectivity index (χ2n) is 4.67. The molecule has 0 spiro atoms. The van der Waals surface area contributed by atoms with Crippen molar-refractivity contribution in [3.8, 4) is 0 Å². The number of nitrogens with one attached hydrogen (secondary N) is 2. The quantitative estimate of drug-likeness (QED) is 0.511. The number of nitrogens with zero attached hydrogens (tertiary/aromatic N) is 2. The number of nitrogens with two attached hydrogens (primary N) is 1. The summed E-state index contributed by atoms with van der Waals surface area (Å²) in [5.74, 6) is 5.59. The first-order valence-corrected chi connectivity index (χ1v) is 6.77. The predicted octanol–water partition coefficient (Wildman–Crippen LogP) is -0.182. The number of morpholine rings is 1. The monoisotopic (exact) mass is 279 g/mol. The number of carbonyl (C=O) groups excluding carboxylic acids is 1. The Balaban J connectivity index is 1.82. The number of carbonyl (C=O) groups is 1. The topological polar surface area (TPSA) is 92.5 Å². The van der Waals surface area contributed by atoms with Crippen molar-refractivity contribution in [1.29, 1.82) is 0 Å². The van der Waals surface area contributed by atoms with Crippen molar-refractivity contribution in [2.45, 2.75) is 13.0 Å². The molecule has 20 heavy (non-hydrogen) atoms. The highest BCUT2D eigenvalue weighted by Gasteiger charge is 2.19. The first kappa shape index (κ1) is 14.7. The zero-order valence-electron chi connectivity index (χ0n) is 11.6. The molecule has 2 rings (SSSR count). The van der Waals surface area contributed by atoms with Crippen LogP contribution in [0.3, 0.4) is 0 Å². The molecule has 2 heterocycles. The van der Waals surface area contributed by atoms with Crippen molar-refractivity contribution in [1.82, 2.24) is 15.2 Å². The summed E-state index contributed by atoms with van der Waals surface area (Å²) in [5.41, 5.74) is 2.93. The van der Waals surface area contributed by atoms with Crippen LogP contribution in [0.1, 0.15) is 17.3 Å². The lowest BCUT2D eigenvalue weighted by molar-refractivity contribution is -0.0246. The van der Waals surface area contributed by atoms with Crippen LogP contribution in [0.5, 0.6) is 0 Å². The standard InChI is InChI=1S/C13H21N5O2/c1-2-18-5-6-20-11(9-18)8-16-13(19)10-3-4-12(17-14)15-7-10/h3-4,7,11H,2,5-6,8-9,14H2,1H3,(H,15,17)(H,16,19). The number of amides is 1. The highest BCUT2D eigenvalue weighted by Crippen LogP contribution is 2.06. The summed E-state index contributed by atoms with van der Waals surface area (Å²) < 4.78 is 5.63. The molecule has 1 atom stereocenters. The molecule has 1 fully saturated rings. The van der Waals surface area contributed by atoms with E-state index in [4.69, 9.17) is 10.6 Å². The maximum absolute atomic E-state index is 12.0. The molecule has 4 N–H and O–H groups in total. The Kier molecular flexibility index (Phi) is 5.28. The number of likely N-dealkylation sites (N-methyl/N-ethyl adjacent to an activating group) is 1. The van der Waals surface area contributed by atoms with Crippen molar-refractivity contribution in [2.75, 3.05) is 38.2 Å². The van der Waals surface area contributed by atoms with Gasteiger partial charge in [0.05, 0.1) is 18.3 Å². The zero-order chi connectivity index (χ0) is 14.4. The SMILES string of the molecule is CCN1CCOC(CNC(=O)c2ccc(NN)nc2)C1. The van der Waals surface area contributed by atoms with Crippen LogP contribution in [-0.2, 0) is 4.74 Å². The van der Waals surface area contributed by atoms with Gasteiger partial charge in [-0.3, -0.25) is 9.69 Å². The molecule has 0 radical (unpaired) electrons. The summed E-state index contributed by atoms with van der Waals surface area (Å²) >= 11 is 0. The lowest BCUT2D eigenvalue weighted by Gasteiger charge is -2.32. The largest absolute Gasteiger partial charge is 0.374 e. The summed E-state index contributed by atoms with van der Waals surface area (Å²) in [4.78, 5) is 18.3. The van der Waals surface area contributed by atoms with Crippen molar-refractivity contribution in [3.05, 3.63) is 23.9 Å². The molecule has 1 aliphatic rings. The van der Waals surface area contributed by atoms with Gasteiger partial charge in [-0.05, 0) is 18.7 Å². The lowest BCUT2D eigenvalue weighted by atomic mass is 10.2. The molecule has 1 aromatic rings. The molecule has 1 saturated heterocycles. The Bertz CT molecular complexity index is 437. The highest BCUT2D eigenvalue weighted by atomic mass is 16.5. The third-order valence-corrected chi connectivity index (χ3v) is 3.33. The van der Waals surface area contributed by atoms with Gasteiger partial charge in [0.1, 0.15) is 5.82 Å².